The molecule has 1 aromatic heterocycles. The van der Waals surface area contributed by atoms with Crippen molar-refractivity contribution in [3.8, 4) is 5.69 Å². The normalized spacial score (nSPS) is 17.6. The topological polar surface area (TPSA) is 59.0 Å². The monoisotopic (exact) mass is 298 g/mol. The summed E-state index contributed by atoms with van der Waals surface area (Å²) in [7, 11) is 0. The van der Waals surface area contributed by atoms with Gasteiger partial charge in [-0.2, -0.15) is 5.10 Å². The lowest BCUT2D eigenvalue weighted by Gasteiger charge is -2.12. The third kappa shape index (κ3) is 3.36. The summed E-state index contributed by atoms with van der Waals surface area (Å²) in [6.45, 7) is 4.15. The second-order valence-electron chi connectivity index (χ2n) is 5.86. The van der Waals surface area contributed by atoms with E-state index in [0.29, 0.717) is 12.3 Å². The van der Waals surface area contributed by atoms with Crippen LogP contribution in [0.25, 0.3) is 5.69 Å². The molecule has 1 fully saturated rings. The van der Waals surface area contributed by atoms with Gasteiger partial charge in [0.05, 0.1) is 11.9 Å². The number of carbonyl (C=O) groups is 1. The van der Waals surface area contributed by atoms with Gasteiger partial charge in [0.25, 0.3) is 0 Å². The average Bonchev–Trinajstić information content (AvgIpc) is 3.17. The summed E-state index contributed by atoms with van der Waals surface area (Å²) in [6.07, 6.45) is 4.39. The van der Waals surface area contributed by atoms with Crippen LogP contribution in [-0.4, -0.2) is 28.8 Å². The molecule has 2 N–H and O–H groups in total. The molecule has 1 aromatic carbocycles. The number of para-hydroxylation sites is 1. The molecular formula is C17H22N4O. The van der Waals surface area contributed by atoms with Crippen molar-refractivity contribution in [3.63, 3.8) is 0 Å². The van der Waals surface area contributed by atoms with Crippen molar-refractivity contribution in [3.05, 3.63) is 42.1 Å². The Labute approximate surface area is 130 Å². The van der Waals surface area contributed by atoms with Gasteiger partial charge in [-0.05, 0) is 50.4 Å². The Morgan fingerprint density at radius 2 is 2.27 bits per heavy atom. The highest BCUT2D eigenvalue weighted by Gasteiger charge is 2.16. The van der Waals surface area contributed by atoms with Crippen molar-refractivity contribution in [1.82, 2.24) is 15.1 Å². The zero-order valence-electron chi connectivity index (χ0n) is 12.9. The first kappa shape index (κ1) is 14.8. The van der Waals surface area contributed by atoms with Gasteiger partial charge in [-0.25, -0.2) is 4.68 Å². The number of anilines is 1. The number of hydrogen-bond acceptors (Lipinski definition) is 3. The summed E-state index contributed by atoms with van der Waals surface area (Å²) >= 11 is 0. The van der Waals surface area contributed by atoms with Gasteiger partial charge in [0.1, 0.15) is 5.82 Å². The molecule has 2 aromatic rings. The molecule has 116 valence electrons. The maximum atomic E-state index is 12.2. The summed E-state index contributed by atoms with van der Waals surface area (Å²) in [6, 6.07) is 9.85. The lowest BCUT2D eigenvalue weighted by molar-refractivity contribution is -0.116. The number of hydrogen-bond donors (Lipinski definition) is 2. The maximum Gasteiger partial charge on any atom is 0.225 e. The summed E-state index contributed by atoms with van der Waals surface area (Å²) in [4.78, 5) is 12.2. The first-order chi connectivity index (χ1) is 10.7. The van der Waals surface area contributed by atoms with Gasteiger partial charge in [-0.15, -0.1) is 0 Å². The Morgan fingerprint density at radius 3 is 3.05 bits per heavy atom. The highest BCUT2D eigenvalue weighted by molar-refractivity contribution is 5.90. The van der Waals surface area contributed by atoms with Crippen LogP contribution >= 0.6 is 0 Å². The first-order valence-electron chi connectivity index (χ1n) is 7.84. The summed E-state index contributed by atoms with van der Waals surface area (Å²) in [5.74, 6) is 1.41. The fourth-order valence-corrected chi connectivity index (χ4v) is 2.89. The van der Waals surface area contributed by atoms with Gasteiger partial charge in [-0.3, -0.25) is 4.79 Å². The van der Waals surface area contributed by atoms with Gasteiger partial charge in [0.15, 0.2) is 0 Å². The van der Waals surface area contributed by atoms with Crippen LogP contribution in [0.1, 0.15) is 24.8 Å². The molecule has 2 heterocycles. The van der Waals surface area contributed by atoms with Gasteiger partial charge >= 0.3 is 0 Å². The smallest absolute Gasteiger partial charge is 0.225 e. The van der Waals surface area contributed by atoms with E-state index in [2.05, 4.69) is 15.7 Å². The van der Waals surface area contributed by atoms with Crippen molar-refractivity contribution in [2.24, 2.45) is 5.92 Å². The van der Waals surface area contributed by atoms with Crippen molar-refractivity contribution in [2.45, 2.75) is 26.2 Å². The molecule has 1 amide bonds. The minimum absolute atomic E-state index is 0.0576. The Morgan fingerprint density at radius 1 is 1.41 bits per heavy atom. The van der Waals surface area contributed by atoms with Crippen LogP contribution in [0.3, 0.4) is 0 Å². The van der Waals surface area contributed by atoms with E-state index in [0.717, 1.165) is 36.6 Å². The van der Waals surface area contributed by atoms with Crippen molar-refractivity contribution >= 4 is 11.7 Å². The molecule has 5 nitrogen and oxygen atoms in total. The van der Waals surface area contributed by atoms with Crippen LogP contribution in [0.4, 0.5) is 5.82 Å². The molecule has 0 spiro atoms. The molecular weight excluding hydrogens is 276 g/mol. The highest BCUT2D eigenvalue weighted by atomic mass is 16.1. The molecule has 1 aliphatic heterocycles. The molecule has 1 saturated heterocycles. The number of carbonyl (C=O) groups excluding carboxylic acids is 1. The van der Waals surface area contributed by atoms with E-state index in [1.165, 1.54) is 6.42 Å². The van der Waals surface area contributed by atoms with E-state index >= 15 is 0 Å². The van der Waals surface area contributed by atoms with Crippen molar-refractivity contribution < 1.29 is 4.79 Å². The molecule has 0 saturated carbocycles. The Balaban J connectivity index is 1.64. The van der Waals surface area contributed by atoms with Crippen LogP contribution in [-0.2, 0) is 4.79 Å². The minimum atomic E-state index is 0.0576. The number of aromatic nitrogens is 2. The molecule has 0 aliphatic carbocycles. The van der Waals surface area contributed by atoms with E-state index in [-0.39, 0.29) is 5.91 Å². The summed E-state index contributed by atoms with van der Waals surface area (Å²) in [5.41, 5.74) is 2.11. The zero-order valence-corrected chi connectivity index (χ0v) is 12.9. The second kappa shape index (κ2) is 6.75. The molecule has 5 heteroatoms. The predicted octanol–water partition coefficient (Wildman–Crippen LogP) is 2.51. The number of amides is 1. The number of nitrogens with zero attached hydrogens (tertiary/aromatic N) is 2. The molecule has 3 rings (SSSR count). The van der Waals surface area contributed by atoms with Crippen LogP contribution in [0.5, 0.6) is 0 Å². The lowest BCUT2D eigenvalue weighted by Crippen LogP contribution is -2.17. The van der Waals surface area contributed by atoms with Crippen LogP contribution in [0.15, 0.2) is 36.5 Å². The van der Waals surface area contributed by atoms with E-state index in [1.807, 2.05) is 37.3 Å². The zero-order chi connectivity index (χ0) is 15.4. The molecule has 22 heavy (non-hydrogen) atoms. The quantitative estimate of drug-likeness (QED) is 0.891. The predicted molar refractivity (Wildman–Crippen MR) is 87.1 cm³/mol. The molecule has 0 radical (unpaired) electrons. The van der Waals surface area contributed by atoms with Crippen LogP contribution in [0.2, 0.25) is 0 Å². The molecule has 0 bridgehead atoms. The van der Waals surface area contributed by atoms with Crippen LogP contribution in [0, 0.1) is 12.8 Å². The standard InChI is InChI=1S/C17H22N4O/c1-13-4-2-3-5-15(13)21-16(9-11-19-21)20-17(22)7-6-14-8-10-18-12-14/h2-5,9,11,14,18H,6-8,10,12H2,1H3,(H,20,22). The number of rotatable bonds is 5. The number of benzene rings is 1. The Kier molecular flexibility index (Phi) is 4.53. The number of nitrogens with one attached hydrogen (secondary N) is 2. The molecule has 1 unspecified atom stereocenters. The van der Waals surface area contributed by atoms with Crippen molar-refractivity contribution in [2.75, 3.05) is 18.4 Å². The fourth-order valence-electron chi connectivity index (χ4n) is 2.89. The maximum absolute atomic E-state index is 12.2. The number of aryl methyl sites for hydroxylation is 1. The van der Waals surface area contributed by atoms with E-state index < -0.39 is 0 Å². The lowest BCUT2D eigenvalue weighted by atomic mass is 10.0. The SMILES string of the molecule is Cc1ccccc1-n1nccc1NC(=O)CCC1CCNC1. The average molecular weight is 298 g/mol. The molecule has 1 atom stereocenters. The third-order valence-electron chi connectivity index (χ3n) is 4.20. The van der Waals surface area contributed by atoms with Gasteiger partial charge in [0, 0.05) is 12.5 Å². The third-order valence-corrected chi connectivity index (χ3v) is 4.20. The van der Waals surface area contributed by atoms with Crippen LogP contribution < -0.4 is 10.6 Å². The van der Waals surface area contributed by atoms with E-state index in [1.54, 1.807) is 10.9 Å². The van der Waals surface area contributed by atoms with E-state index in [9.17, 15) is 4.79 Å². The van der Waals surface area contributed by atoms with E-state index in [4.69, 9.17) is 0 Å². The summed E-state index contributed by atoms with van der Waals surface area (Å²) < 4.78 is 1.78. The first-order valence-corrected chi connectivity index (χ1v) is 7.84. The van der Waals surface area contributed by atoms with Gasteiger partial charge in [-0.1, -0.05) is 18.2 Å². The van der Waals surface area contributed by atoms with Gasteiger partial charge < -0.3 is 10.6 Å². The Hall–Kier alpha value is -2.14. The Bertz CT molecular complexity index is 644. The van der Waals surface area contributed by atoms with Gasteiger partial charge in [0.2, 0.25) is 5.91 Å². The highest BCUT2D eigenvalue weighted by Crippen LogP contribution is 2.19. The minimum Gasteiger partial charge on any atom is -0.316 e. The van der Waals surface area contributed by atoms with Crippen molar-refractivity contribution in [1.29, 1.82) is 0 Å². The molecule has 1 aliphatic rings. The summed E-state index contributed by atoms with van der Waals surface area (Å²) in [5, 5.41) is 10.6. The largest absolute Gasteiger partial charge is 0.316 e. The fraction of sp³-hybridized carbons (Fsp3) is 0.412. The second-order valence-corrected chi connectivity index (χ2v) is 5.86.